The first kappa shape index (κ1) is 39.9. The fraction of sp³-hybridized carbons (Fsp3) is 0.619. The minimum atomic E-state index is -0.769. The molecule has 2 fully saturated rings. The molecule has 52 heavy (non-hydrogen) atoms. The van der Waals surface area contributed by atoms with Crippen molar-refractivity contribution in [1.82, 2.24) is 4.90 Å². The van der Waals surface area contributed by atoms with Crippen LogP contribution in [0.2, 0.25) is 0 Å². The van der Waals surface area contributed by atoms with E-state index >= 15 is 0 Å². The maximum Gasteiger partial charge on any atom is 0.343 e. The van der Waals surface area contributed by atoms with E-state index in [4.69, 9.17) is 33.2 Å². The fourth-order valence-electron chi connectivity index (χ4n) is 7.54. The summed E-state index contributed by atoms with van der Waals surface area (Å²) in [5, 5.41) is 0. The third kappa shape index (κ3) is 11.4. The van der Waals surface area contributed by atoms with Gasteiger partial charge in [0.15, 0.2) is 11.4 Å². The highest BCUT2D eigenvalue weighted by Gasteiger charge is 2.52. The van der Waals surface area contributed by atoms with Gasteiger partial charge in [-0.05, 0) is 102 Å². The summed E-state index contributed by atoms with van der Waals surface area (Å²) in [4.78, 5) is 27.8. The van der Waals surface area contributed by atoms with Crippen molar-refractivity contribution >= 4 is 17.5 Å². The molecule has 3 aliphatic rings. The van der Waals surface area contributed by atoms with Crippen molar-refractivity contribution in [2.24, 2.45) is 0 Å². The quantitative estimate of drug-likeness (QED) is 0.130. The average Bonchev–Trinajstić information content (AvgIpc) is 3.35. The van der Waals surface area contributed by atoms with Crippen LogP contribution in [0.4, 0.5) is 0 Å². The molecule has 0 unspecified atom stereocenters. The minimum Gasteiger partial charge on any atom is -0.488 e. The van der Waals surface area contributed by atoms with Crippen LogP contribution in [-0.2, 0) is 49.4 Å². The molecule has 2 heterocycles. The maximum atomic E-state index is 13.7. The molecule has 0 bridgehead atoms. The van der Waals surface area contributed by atoms with E-state index in [0.717, 1.165) is 67.6 Å². The van der Waals surface area contributed by atoms with Gasteiger partial charge in [0.25, 0.3) is 0 Å². The van der Waals surface area contributed by atoms with Gasteiger partial charge in [0, 0.05) is 19.6 Å². The van der Waals surface area contributed by atoms with Crippen molar-refractivity contribution in [3.63, 3.8) is 0 Å². The number of hydrogen-bond acceptors (Lipinski definition) is 10. The summed E-state index contributed by atoms with van der Waals surface area (Å²) in [6.07, 6.45) is 5.34. The summed E-state index contributed by atoms with van der Waals surface area (Å²) in [5.41, 5.74) is 4.57. The van der Waals surface area contributed by atoms with Gasteiger partial charge >= 0.3 is 11.9 Å². The monoisotopic (exact) mass is 721 g/mol. The van der Waals surface area contributed by atoms with Gasteiger partial charge in [-0.1, -0.05) is 48.0 Å². The summed E-state index contributed by atoms with van der Waals surface area (Å²) < 4.78 is 41.4. The van der Waals surface area contributed by atoms with Crippen molar-refractivity contribution in [2.75, 3.05) is 59.3 Å². The molecule has 0 radical (unpaired) electrons. The van der Waals surface area contributed by atoms with Crippen LogP contribution < -0.4 is 0 Å². The van der Waals surface area contributed by atoms with Crippen LogP contribution in [0.25, 0.3) is 5.57 Å². The molecule has 286 valence electrons. The molecule has 0 aromatic heterocycles. The Kier molecular flexibility index (Phi) is 14.3. The zero-order valence-corrected chi connectivity index (χ0v) is 32.1. The van der Waals surface area contributed by atoms with Crippen molar-refractivity contribution in [2.45, 2.75) is 110 Å². The van der Waals surface area contributed by atoms with Gasteiger partial charge in [-0.3, -0.25) is 0 Å². The zero-order chi connectivity index (χ0) is 37.1. The summed E-state index contributed by atoms with van der Waals surface area (Å²) in [7, 11) is 0. The zero-order valence-electron chi connectivity index (χ0n) is 32.1. The highest BCUT2D eigenvalue weighted by molar-refractivity contribution is 6.20. The highest BCUT2D eigenvalue weighted by Crippen LogP contribution is 2.49. The Bertz CT molecular complexity index is 1480. The first-order valence-electron chi connectivity index (χ1n) is 19.0. The Balaban J connectivity index is 1.02. The Morgan fingerprint density at radius 2 is 1.44 bits per heavy atom. The molecule has 0 amide bonds. The van der Waals surface area contributed by atoms with Gasteiger partial charge in [0.2, 0.25) is 0 Å². The summed E-state index contributed by atoms with van der Waals surface area (Å²) in [6.45, 7) is 17.2. The predicted molar refractivity (Wildman–Crippen MR) is 199 cm³/mol. The fourth-order valence-corrected chi connectivity index (χ4v) is 7.54. The van der Waals surface area contributed by atoms with Crippen molar-refractivity contribution in [1.29, 1.82) is 0 Å². The first-order valence-corrected chi connectivity index (χ1v) is 19.0. The van der Waals surface area contributed by atoms with E-state index in [1.807, 2.05) is 51.1 Å². The molecule has 10 nitrogen and oxygen atoms in total. The number of piperidine rings is 1. The van der Waals surface area contributed by atoms with Crippen LogP contribution in [0.5, 0.6) is 0 Å². The molecule has 2 aromatic rings. The topological polar surface area (TPSA) is 102 Å². The van der Waals surface area contributed by atoms with E-state index < -0.39 is 11.2 Å². The lowest BCUT2D eigenvalue weighted by atomic mass is 9.80. The molecule has 1 aliphatic carbocycles. The number of benzene rings is 2. The van der Waals surface area contributed by atoms with E-state index in [9.17, 15) is 9.59 Å². The van der Waals surface area contributed by atoms with Gasteiger partial charge in [0.1, 0.15) is 24.4 Å². The summed E-state index contributed by atoms with van der Waals surface area (Å²) >= 11 is 0. The van der Waals surface area contributed by atoms with Crippen LogP contribution in [0, 0.1) is 20.8 Å². The molecular formula is C42H59NO9. The second kappa shape index (κ2) is 18.7. The molecule has 0 N–H and O–H groups in total. The minimum absolute atomic E-state index is 0.0734. The normalized spacial score (nSPS) is 21.5. The Labute approximate surface area is 310 Å². The van der Waals surface area contributed by atoms with E-state index in [0.29, 0.717) is 63.8 Å². The van der Waals surface area contributed by atoms with Crippen LogP contribution in [0.1, 0.15) is 87.1 Å². The standard InChI is InChI=1S/C42H59NO9/c1-30-26-31(2)37(32(3)27-30)38-39(49-28-33-10-8-7-9-11-33)42(52-40(38)45)16-12-34(13-17-42)50-35-14-18-43(19-15-35)20-21-46-22-23-47-24-25-48-29-36(44)51-41(4,5)6/h7-11,26-27,34-35H,12-25,28-29H2,1-6H3/t34-,42+. The second-order valence-electron chi connectivity index (χ2n) is 15.4. The number of likely N-dealkylation sites (tertiary alicyclic amines) is 1. The Morgan fingerprint density at radius 1 is 0.846 bits per heavy atom. The number of aryl methyl sites for hydroxylation is 3. The van der Waals surface area contributed by atoms with Crippen LogP contribution in [-0.4, -0.2) is 99.5 Å². The maximum absolute atomic E-state index is 13.7. The van der Waals surface area contributed by atoms with Crippen LogP contribution in [0.3, 0.4) is 0 Å². The predicted octanol–water partition coefficient (Wildman–Crippen LogP) is 6.65. The van der Waals surface area contributed by atoms with E-state index in [1.165, 1.54) is 5.56 Å². The average molecular weight is 722 g/mol. The van der Waals surface area contributed by atoms with Crippen LogP contribution >= 0.6 is 0 Å². The molecule has 2 aliphatic heterocycles. The number of carbonyl (C=O) groups is 2. The van der Waals surface area contributed by atoms with Gasteiger partial charge < -0.3 is 38.1 Å². The molecule has 1 saturated heterocycles. The van der Waals surface area contributed by atoms with Gasteiger partial charge in [0.05, 0.1) is 45.2 Å². The molecule has 5 rings (SSSR count). The number of rotatable bonds is 17. The number of esters is 2. The number of ether oxygens (including phenoxy) is 7. The number of nitrogens with zero attached hydrogens (tertiary/aromatic N) is 1. The highest BCUT2D eigenvalue weighted by atomic mass is 16.6. The SMILES string of the molecule is Cc1cc(C)c(C2=C(OCc3ccccc3)[C@]3(CC[C@H](OC4CCN(CCOCCOCCOCC(=O)OC(C)(C)C)CC4)CC3)OC2=O)c(C)c1. The third-order valence-corrected chi connectivity index (χ3v) is 9.88. The van der Waals surface area contributed by atoms with E-state index in [-0.39, 0.29) is 30.8 Å². The lowest BCUT2D eigenvalue weighted by Crippen LogP contribution is -2.43. The van der Waals surface area contributed by atoms with Gasteiger partial charge in [-0.2, -0.15) is 0 Å². The first-order chi connectivity index (χ1) is 24.9. The van der Waals surface area contributed by atoms with E-state index in [2.05, 4.69) is 37.8 Å². The number of hydrogen-bond donors (Lipinski definition) is 0. The lowest BCUT2D eigenvalue weighted by Gasteiger charge is -2.39. The molecule has 0 atom stereocenters. The molecule has 1 saturated carbocycles. The van der Waals surface area contributed by atoms with Crippen molar-refractivity contribution in [3.8, 4) is 0 Å². The molecule has 10 heteroatoms. The van der Waals surface area contributed by atoms with Crippen LogP contribution in [0.15, 0.2) is 48.2 Å². The van der Waals surface area contributed by atoms with Gasteiger partial charge in [-0.25, -0.2) is 9.59 Å². The molecular weight excluding hydrogens is 662 g/mol. The largest absolute Gasteiger partial charge is 0.488 e. The second-order valence-corrected chi connectivity index (χ2v) is 15.4. The molecule has 2 aromatic carbocycles. The van der Waals surface area contributed by atoms with Crippen molar-refractivity contribution in [3.05, 3.63) is 76.0 Å². The van der Waals surface area contributed by atoms with Gasteiger partial charge in [-0.15, -0.1) is 0 Å². The smallest absolute Gasteiger partial charge is 0.343 e. The number of carbonyl (C=O) groups excluding carboxylic acids is 2. The van der Waals surface area contributed by atoms with E-state index in [1.54, 1.807) is 0 Å². The Hall–Kier alpha value is -3.28. The summed E-state index contributed by atoms with van der Waals surface area (Å²) in [5.74, 6) is 0.0193. The molecule has 1 spiro atoms. The Morgan fingerprint density at radius 3 is 2.08 bits per heavy atom. The summed E-state index contributed by atoms with van der Waals surface area (Å²) in [6, 6.07) is 14.3. The lowest BCUT2D eigenvalue weighted by molar-refractivity contribution is -0.160. The van der Waals surface area contributed by atoms with Crippen molar-refractivity contribution < 1.29 is 42.7 Å². The third-order valence-electron chi connectivity index (χ3n) is 9.88.